The lowest BCUT2D eigenvalue weighted by molar-refractivity contribution is 0.225. The standard InChI is InChI=1S/C14H27N2/c1-3-10-16(11-4-1)12-5-2-7-14-8-6-9-15-13-14/h7,14-15H,1-6,8-13H2. The zero-order valence-electron chi connectivity index (χ0n) is 10.6. The van der Waals surface area contributed by atoms with Crippen molar-refractivity contribution in [3.63, 3.8) is 0 Å². The Balaban J connectivity index is 1.47. The molecule has 2 heterocycles. The van der Waals surface area contributed by atoms with E-state index in [0.29, 0.717) is 0 Å². The first-order valence-corrected chi connectivity index (χ1v) is 7.21. The molecule has 0 aromatic carbocycles. The van der Waals surface area contributed by atoms with E-state index in [9.17, 15) is 0 Å². The van der Waals surface area contributed by atoms with Gasteiger partial charge in [0.05, 0.1) is 0 Å². The van der Waals surface area contributed by atoms with Crippen LogP contribution in [0, 0.1) is 12.3 Å². The molecule has 2 rings (SSSR count). The Kier molecular flexibility index (Phi) is 5.64. The van der Waals surface area contributed by atoms with Gasteiger partial charge < -0.3 is 10.2 Å². The summed E-state index contributed by atoms with van der Waals surface area (Å²) in [7, 11) is 0. The van der Waals surface area contributed by atoms with Crippen LogP contribution in [-0.4, -0.2) is 37.6 Å². The Morgan fingerprint density at radius 1 is 1.12 bits per heavy atom. The molecule has 0 spiro atoms. The van der Waals surface area contributed by atoms with Crippen LogP contribution in [-0.2, 0) is 0 Å². The maximum absolute atomic E-state index is 3.48. The van der Waals surface area contributed by atoms with Crippen molar-refractivity contribution in [2.75, 3.05) is 32.7 Å². The third-order valence-corrected chi connectivity index (χ3v) is 3.96. The van der Waals surface area contributed by atoms with Gasteiger partial charge >= 0.3 is 0 Å². The smallest absolute Gasteiger partial charge is 0.00178 e. The molecule has 1 atom stereocenters. The van der Waals surface area contributed by atoms with Gasteiger partial charge in [-0.1, -0.05) is 6.42 Å². The average molecular weight is 223 g/mol. The zero-order chi connectivity index (χ0) is 11.1. The van der Waals surface area contributed by atoms with E-state index in [1.807, 2.05) is 0 Å². The third-order valence-electron chi connectivity index (χ3n) is 3.96. The highest BCUT2D eigenvalue weighted by Gasteiger charge is 2.13. The first-order chi connectivity index (χ1) is 7.95. The maximum atomic E-state index is 3.48. The topological polar surface area (TPSA) is 15.3 Å². The van der Waals surface area contributed by atoms with Crippen molar-refractivity contribution in [3.05, 3.63) is 6.42 Å². The number of nitrogens with zero attached hydrogens (tertiary/aromatic N) is 1. The molecular weight excluding hydrogens is 196 g/mol. The van der Waals surface area contributed by atoms with E-state index in [1.54, 1.807) is 0 Å². The first-order valence-electron chi connectivity index (χ1n) is 7.21. The van der Waals surface area contributed by atoms with Gasteiger partial charge in [0, 0.05) is 0 Å². The minimum absolute atomic E-state index is 0.857. The molecule has 2 aliphatic heterocycles. The highest BCUT2D eigenvalue weighted by molar-refractivity contribution is 4.81. The van der Waals surface area contributed by atoms with Crippen molar-refractivity contribution in [2.24, 2.45) is 5.92 Å². The van der Waals surface area contributed by atoms with E-state index in [-0.39, 0.29) is 0 Å². The molecule has 1 radical (unpaired) electrons. The monoisotopic (exact) mass is 223 g/mol. The number of nitrogens with one attached hydrogen (secondary N) is 1. The largest absolute Gasteiger partial charge is 0.316 e. The van der Waals surface area contributed by atoms with Gasteiger partial charge in [0.1, 0.15) is 0 Å². The second-order valence-corrected chi connectivity index (χ2v) is 5.39. The Bertz CT molecular complexity index is 150. The van der Waals surface area contributed by atoms with Crippen molar-refractivity contribution in [2.45, 2.75) is 44.9 Å². The molecule has 2 heteroatoms. The molecule has 1 N–H and O–H groups in total. The Morgan fingerprint density at radius 3 is 2.75 bits per heavy atom. The summed E-state index contributed by atoms with van der Waals surface area (Å²) >= 11 is 0. The number of hydrogen-bond acceptors (Lipinski definition) is 2. The van der Waals surface area contributed by atoms with Gasteiger partial charge in [-0.2, -0.15) is 0 Å². The Labute approximate surface area is 101 Å². The van der Waals surface area contributed by atoms with Crippen LogP contribution in [0.4, 0.5) is 0 Å². The van der Waals surface area contributed by atoms with E-state index in [0.717, 1.165) is 5.92 Å². The predicted octanol–water partition coefficient (Wildman–Crippen LogP) is 2.46. The molecule has 0 amide bonds. The molecule has 2 nitrogen and oxygen atoms in total. The lowest BCUT2D eigenvalue weighted by Gasteiger charge is -2.27. The Hall–Kier alpha value is -0.0800. The van der Waals surface area contributed by atoms with E-state index in [1.165, 1.54) is 77.7 Å². The van der Waals surface area contributed by atoms with Crippen molar-refractivity contribution in [1.82, 2.24) is 10.2 Å². The second kappa shape index (κ2) is 7.29. The van der Waals surface area contributed by atoms with Crippen LogP contribution in [0.1, 0.15) is 44.9 Å². The molecule has 0 aliphatic carbocycles. The fourth-order valence-corrected chi connectivity index (χ4v) is 2.93. The molecule has 93 valence electrons. The zero-order valence-corrected chi connectivity index (χ0v) is 10.6. The minimum Gasteiger partial charge on any atom is -0.316 e. The second-order valence-electron chi connectivity index (χ2n) is 5.39. The molecule has 2 saturated heterocycles. The van der Waals surface area contributed by atoms with Gasteiger partial charge in [0.25, 0.3) is 0 Å². The van der Waals surface area contributed by atoms with Gasteiger partial charge in [-0.25, -0.2) is 0 Å². The lowest BCUT2D eigenvalue weighted by Crippen LogP contribution is -2.31. The average Bonchev–Trinajstić information content (AvgIpc) is 2.37. The number of unbranched alkanes of at least 4 members (excludes halogenated alkanes) is 1. The summed E-state index contributed by atoms with van der Waals surface area (Å²) in [6.07, 6.45) is 12.3. The molecule has 0 aromatic heterocycles. The lowest BCUT2D eigenvalue weighted by atomic mass is 9.94. The fourth-order valence-electron chi connectivity index (χ4n) is 2.93. The predicted molar refractivity (Wildman–Crippen MR) is 69.4 cm³/mol. The van der Waals surface area contributed by atoms with Crippen molar-refractivity contribution in [1.29, 1.82) is 0 Å². The maximum Gasteiger partial charge on any atom is -0.00178 e. The van der Waals surface area contributed by atoms with E-state index in [2.05, 4.69) is 16.6 Å². The van der Waals surface area contributed by atoms with Crippen LogP contribution in [0.15, 0.2) is 0 Å². The fraction of sp³-hybridized carbons (Fsp3) is 0.929. The number of piperidine rings is 2. The Morgan fingerprint density at radius 2 is 2.00 bits per heavy atom. The van der Waals surface area contributed by atoms with Crippen LogP contribution in [0.3, 0.4) is 0 Å². The van der Waals surface area contributed by atoms with Gasteiger partial charge in [0.15, 0.2) is 0 Å². The number of rotatable bonds is 5. The SMILES string of the molecule is [CH](CCCN1CCCCC1)C1CCCNC1. The molecular formula is C14H27N2. The summed E-state index contributed by atoms with van der Waals surface area (Å²) in [4.78, 5) is 2.65. The van der Waals surface area contributed by atoms with Crippen LogP contribution in [0.5, 0.6) is 0 Å². The molecule has 0 saturated carbocycles. The summed E-state index contributed by atoms with van der Waals surface area (Å²) in [6.45, 7) is 6.49. The van der Waals surface area contributed by atoms with Gasteiger partial charge in [-0.05, 0) is 83.6 Å². The van der Waals surface area contributed by atoms with Crippen LogP contribution in [0.25, 0.3) is 0 Å². The van der Waals surface area contributed by atoms with Crippen LogP contribution < -0.4 is 5.32 Å². The normalized spacial score (nSPS) is 28.1. The van der Waals surface area contributed by atoms with Crippen molar-refractivity contribution < 1.29 is 0 Å². The van der Waals surface area contributed by atoms with Crippen LogP contribution in [0.2, 0.25) is 0 Å². The summed E-state index contributed by atoms with van der Waals surface area (Å²) in [5.74, 6) is 0.857. The summed E-state index contributed by atoms with van der Waals surface area (Å²) in [5, 5.41) is 3.48. The molecule has 16 heavy (non-hydrogen) atoms. The highest BCUT2D eigenvalue weighted by Crippen LogP contribution is 2.16. The van der Waals surface area contributed by atoms with Crippen molar-refractivity contribution >= 4 is 0 Å². The number of hydrogen-bond donors (Lipinski definition) is 1. The summed E-state index contributed by atoms with van der Waals surface area (Å²) in [6, 6.07) is 0. The first kappa shape index (κ1) is 12.4. The molecule has 2 fully saturated rings. The van der Waals surface area contributed by atoms with E-state index in [4.69, 9.17) is 0 Å². The quantitative estimate of drug-likeness (QED) is 0.720. The molecule has 0 aromatic rings. The summed E-state index contributed by atoms with van der Waals surface area (Å²) < 4.78 is 0. The van der Waals surface area contributed by atoms with Gasteiger partial charge in [-0.15, -0.1) is 0 Å². The third kappa shape index (κ3) is 4.42. The van der Waals surface area contributed by atoms with Crippen LogP contribution >= 0.6 is 0 Å². The molecule has 0 bridgehead atoms. The number of likely N-dealkylation sites (tertiary alicyclic amines) is 1. The van der Waals surface area contributed by atoms with E-state index < -0.39 is 0 Å². The minimum atomic E-state index is 0.857. The molecule has 2 aliphatic rings. The van der Waals surface area contributed by atoms with Crippen molar-refractivity contribution in [3.8, 4) is 0 Å². The van der Waals surface area contributed by atoms with Gasteiger partial charge in [-0.3, -0.25) is 0 Å². The summed E-state index contributed by atoms with van der Waals surface area (Å²) in [5.41, 5.74) is 0. The van der Waals surface area contributed by atoms with Gasteiger partial charge in [0.2, 0.25) is 0 Å². The highest BCUT2D eigenvalue weighted by atomic mass is 15.1. The molecule has 1 unspecified atom stereocenters. The van der Waals surface area contributed by atoms with E-state index >= 15 is 0 Å².